The smallest absolute Gasteiger partial charge is 0.280 e. The lowest BCUT2D eigenvalue weighted by atomic mass is 9.77. The van der Waals surface area contributed by atoms with E-state index in [1.807, 2.05) is 0 Å². The number of amidine groups is 1. The normalized spacial score (nSPS) is 17.4. The van der Waals surface area contributed by atoms with E-state index in [1.54, 1.807) is 36.4 Å². The number of nitrogens with two attached hydrogens (primary N) is 1. The van der Waals surface area contributed by atoms with Gasteiger partial charge < -0.3 is 10.9 Å². The number of hydrogen-bond acceptors (Lipinski definition) is 5. The molecule has 0 bridgehead atoms. The molecule has 3 N–H and O–H groups in total. The number of nitrogens with zero attached hydrogens (tertiary/aromatic N) is 4. The van der Waals surface area contributed by atoms with Crippen molar-refractivity contribution >= 4 is 5.84 Å². The summed E-state index contributed by atoms with van der Waals surface area (Å²) in [6.45, 7) is 0. The van der Waals surface area contributed by atoms with E-state index >= 15 is 0 Å². The second-order valence-electron chi connectivity index (χ2n) is 7.34. The predicted molar refractivity (Wildman–Crippen MR) is 111 cm³/mol. The molecular weight excluding hydrogens is 419 g/mol. The second-order valence-corrected chi connectivity index (χ2v) is 7.34. The predicted octanol–water partition coefficient (Wildman–Crippen LogP) is 4.27. The summed E-state index contributed by atoms with van der Waals surface area (Å²) in [6.07, 6.45) is 1.20. The minimum Gasteiger partial charge on any atom is -0.427 e. The lowest BCUT2D eigenvalue weighted by Gasteiger charge is -2.29. The lowest BCUT2D eigenvalue weighted by Crippen LogP contribution is -2.26. The Morgan fingerprint density at radius 3 is 2.56 bits per heavy atom. The third-order valence-corrected chi connectivity index (χ3v) is 5.57. The molecule has 2 aromatic heterocycles. The van der Waals surface area contributed by atoms with Crippen LogP contribution < -0.4 is 5.73 Å². The van der Waals surface area contributed by atoms with Crippen molar-refractivity contribution in [3.05, 3.63) is 107 Å². The van der Waals surface area contributed by atoms with Gasteiger partial charge in [0.2, 0.25) is 0 Å². The van der Waals surface area contributed by atoms with Crippen LogP contribution in [0, 0.1) is 5.82 Å². The van der Waals surface area contributed by atoms with Crippen LogP contribution in [0.4, 0.5) is 13.2 Å². The van der Waals surface area contributed by atoms with Crippen molar-refractivity contribution in [2.24, 2.45) is 10.7 Å². The molecule has 6 nitrogen and oxygen atoms in total. The highest BCUT2D eigenvalue weighted by molar-refractivity contribution is 6.03. The number of imidazole rings is 1. The zero-order valence-corrected chi connectivity index (χ0v) is 16.5. The fourth-order valence-corrected chi connectivity index (χ4v) is 4.18. The molecule has 160 valence electrons. The van der Waals surface area contributed by atoms with E-state index < -0.39 is 23.5 Å². The van der Waals surface area contributed by atoms with Crippen molar-refractivity contribution in [3.8, 4) is 11.3 Å². The Morgan fingerprint density at radius 1 is 1.03 bits per heavy atom. The van der Waals surface area contributed by atoms with Crippen LogP contribution >= 0.6 is 0 Å². The van der Waals surface area contributed by atoms with Gasteiger partial charge in [-0.2, -0.15) is 4.73 Å². The van der Waals surface area contributed by atoms with E-state index in [2.05, 4.69) is 15.0 Å². The molecule has 1 aliphatic rings. The van der Waals surface area contributed by atoms with Crippen LogP contribution in [0.2, 0.25) is 0 Å². The van der Waals surface area contributed by atoms with Crippen molar-refractivity contribution < 1.29 is 18.4 Å². The molecule has 1 unspecified atom stereocenters. The molecule has 0 aliphatic carbocycles. The number of aromatic nitrogens is 3. The number of hydrogen-bond donors (Lipinski definition) is 2. The molecule has 4 aromatic rings. The Balaban J connectivity index is 1.83. The van der Waals surface area contributed by atoms with E-state index in [-0.39, 0.29) is 11.4 Å². The third-order valence-electron chi connectivity index (χ3n) is 5.57. The van der Waals surface area contributed by atoms with Gasteiger partial charge in [0.1, 0.15) is 34.9 Å². The highest BCUT2D eigenvalue weighted by atomic mass is 19.3. The number of alkyl halides is 2. The van der Waals surface area contributed by atoms with Crippen LogP contribution in [0.3, 0.4) is 0 Å². The van der Waals surface area contributed by atoms with E-state index in [4.69, 9.17) is 5.73 Å². The molecule has 5 rings (SSSR count). The first-order valence-electron chi connectivity index (χ1n) is 9.63. The van der Waals surface area contributed by atoms with Gasteiger partial charge in [0, 0.05) is 17.3 Å². The summed E-state index contributed by atoms with van der Waals surface area (Å²) in [5, 5.41) is 10.0. The van der Waals surface area contributed by atoms with Crippen LogP contribution in [0.1, 0.15) is 34.4 Å². The molecule has 0 fully saturated rings. The summed E-state index contributed by atoms with van der Waals surface area (Å²) < 4.78 is 42.6. The number of fused-ring (bicyclic) bond motifs is 1. The first-order valence-corrected chi connectivity index (χ1v) is 9.63. The van der Waals surface area contributed by atoms with Crippen LogP contribution in [-0.4, -0.2) is 25.7 Å². The highest BCUT2D eigenvalue weighted by Crippen LogP contribution is 2.47. The van der Waals surface area contributed by atoms with Crippen LogP contribution in [0.25, 0.3) is 11.3 Å². The lowest BCUT2D eigenvalue weighted by molar-refractivity contribution is 0.146. The Bertz CT molecular complexity index is 1370. The van der Waals surface area contributed by atoms with Crippen LogP contribution in [0.5, 0.6) is 0 Å². The fraction of sp³-hybridized carbons (Fsp3) is 0.0870. The molecular formula is C23H16F3N5O. The number of aliphatic imine (C=N–C) groups is 1. The molecule has 3 heterocycles. The highest BCUT2D eigenvalue weighted by Gasteiger charge is 2.44. The number of benzene rings is 2. The maximum absolute atomic E-state index is 14.7. The second kappa shape index (κ2) is 7.23. The quantitative estimate of drug-likeness (QED) is 0.469. The molecule has 9 heteroatoms. The van der Waals surface area contributed by atoms with Crippen molar-refractivity contribution in [3.63, 3.8) is 0 Å². The van der Waals surface area contributed by atoms with Gasteiger partial charge in [-0.15, -0.1) is 0 Å². The van der Waals surface area contributed by atoms with E-state index in [0.29, 0.717) is 27.9 Å². The topological polar surface area (TPSA) is 89.3 Å². The SMILES string of the molecule is NC1=NC(c2cccc(-c3cncn3O)c2)(c2ccnc(C(F)F)c2)c2cccc(F)c21. The van der Waals surface area contributed by atoms with Crippen molar-refractivity contribution in [1.29, 1.82) is 0 Å². The number of halogens is 3. The molecule has 0 spiro atoms. The van der Waals surface area contributed by atoms with Gasteiger partial charge >= 0.3 is 0 Å². The molecule has 0 amide bonds. The van der Waals surface area contributed by atoms with Gasteiger partial charge in [-0.05, 0) is 35.4 Å². The maximum Gasteiger partial charge on any atom is 0.280 e. The zero-order valence-electron chi connectivity index (χ0n) is 16.5. The van der Waals surface area contributed by atoms with Crippen molar-refractivity contribution in [2.45, 2.75) is 12.0 Å². The van der Waals surface area contributed by atoms with Crippen LogP contribution in [-0.2, 0) is 5.54 Å². The minimum atomic E-state index is -2.79. The van der Waals surface area contributed by atoms with E-state index in [1.165, 1.54) is 36.9 Å². The Morgan fingerprint density at radius 2 is 1.81 bits per heavy atom. The standard InChI is InChI=1S/C23H16F3N5O/c24-17-6-2-5-16-20(17)22(27)30-23(16,15-7-8-29-18(10-15)21(25)26)14-4-1-3-13(9-14)19-11-28-12-31(19)32/h1-12,21,32H,(H2,27,30). The van der Waals surface area contributed by atoms with Gasteiger partial charge in [0.15, 0.2) is 0 Å². The van der Waals surface area contributed by atoms with Gasteiger partial charge in [-0.3, -0.25) is 4.98 Å². The molecule has 0 radical (unpaired) electrons. The number of pyridine rings is 1. The molecule has 0 saturated heterocycles. The Hall–Kier alpha value is -4.14. The van der Waals surface area contributed by atoms with Gasteiger partial charge in [0.25, 0.3) is 6.43 Å². The van der Waals surface area contributed by atoms with Gasteiger partial charge in [0.05, 0.1) is 11.8 Å². The summed E-state index contributed by atoms with van der Waals surface area (Å²) >= 11 is 0. The summed E-state index contributed by atoms with van der Waals surface area (Å²) in [4.78, 5) is 12.3. The average Bonchev–Trinajstić information content (AvgIpc) is 3.36. The fourth-order valence-electron chi connectivity index (χ4n) is 4.18. The summed E-state index contributed by atoms with van der Waals surface area (Å²) in [5.41, 5.74) is 6.82. The first-order chi connectivity index (χ1) is 15.4. The van der Waals surface area contributed by atoms with E-state index in [0.717, 1.165) is 4.73 Å². The molecule has 1 aliphatic heterocycles. The molecule has 0 saturated carbocycles. The minimum absolute atomic E-state index is 0.0360. The molecule has 32 heavy (non-hydrogen) atoms. The third kappa shape index (κ3) is 2.85. The maximum atomic E-state index is 14.7. The zero-order chi connectivity index (χ0) is 22.5. The first kappa shape index (κ1) is 19.8. The monoisotopic (exact) mass is 435 g/mol. The average molecular weight is 435 g/mol. The summed E-state index contributed by atoms with van der Waals surface area (Å²) in [5.74, 6) is -0.593. The van der Waals surface area contributed by atoms with Crippen molar-refractivity contribution in [1.82, 2.24) is 14.7 Å². The van der Waals surface area contributed by atoms with E-state index in [9.17, 15) is 18.4 Å². The molecule has 1 atom stereocenters. The Kier molecular flexibility index (Phi) is 4.47. The largest absolute Gasteiger partial charge is 0.427 e. The summed E-state index contributed by atoms with van der Waals surface area (Å²) in [7, 11) is 0. The van der Waals surface area contributed by atoms with Gasteiger partial charge in [-0.1, -0.05) is 30.3 Å². The molecule has 2 aromatic carbocycles. The Labute approximate surface area is 180 Å². The summed E-state index contributed by atoms with van der Waals surface area (Å²) in [6, 6.07) is 14.3. The number of rotatable bonds is 4. The van der Waals surface area contributed by atoms with Crippen molar-refractivity contribution in [2.75, 3.05) is 0 Å². The van der Waals surface area contributed by atoms with Gasteiger partial charge in [-0.25, -0.2) is 23.1 Å². The van der Waals surface area contributed by atoms with Crippen LogP contribution in [0.15, 0.2) is 78.3 Å².